The highest BCUT2D eigenvalue weighted by molar-refractivity contribution is 9.10. The third-order valence-electron chi connectivity index (χ3n) is 2.84. The van der Waals surface area contributed by atoms with Gasteiger partial charge in [-0.25, -0.2) is 0 Å². The van der Waals surface area contributed by atoms with E-state index in [2.05, 4.69) is 15.9 Å². The van der Waals surface area contributed by atoms with Crippen molar-refractivity contribution in [2.45, 2.75) is 19.9 Å². The van der Waals surface area contributed by atoms with Gasteiger partial charge in [0.25, 0.3) is 0 Å². The Morgan fingerprint density at radius 2 is 1.84 bits per heavy atom. The SMILES string of the molecule is Cc1cc(Cl)ccc1Oc1ccc([C@H](C)N)cc1Br. The number of halogens is 2. The molecule has 0 spiro atoms. The lowest BCUT2D eigenvalue weighted by Gasteiger charge is -2.12. The topological polar surface area (TPSA) is 35.2 Å². The summed E-state index contributed by atoms with van der Waals surface area (Å²) >= 11 is 9.43. The zero-order valence-electron chi connectivity index (χ0n) is 10.8. The van der Waals surface area contributed by atoms with Crippen LogP contribution >= 0.6 is 27.5 Å². The van der Waals surface area contributed by atoms with Crippen LogP contribution in [0.3, 0.4) is 0 Å². The average molecular weight is 341 g/mol. The second kappa shape index (κ2) is 5.95. The van der Waals surface area contributed by atoms with E-state index in [0.717, 1.165) is 27.1 Å². The van der Waals surface area contributed by atoms with Gasteiger partial charge in [0.05, 0.1) is 4.47 Å². The Hall–Kier alpha value is -1.03. The Bertz CT molecular complexity index is 599. The molecule has 0 fully saturated rings. The van der Waals surface area contributed by atoms with E-state index in [1.807, 2.05) is 50.2 Å². The van der Waals surface area contributed by atoms with Crippen LogP contribution in [0, 0.1) is 6.92 Å². The smallest absolute Gasteiger partial charge is 0.141 e. The lowest BCUT2D eigenvalue weighted by molar-refractivity contribution is 0.475. The quantitative estimate of drug-likeness (QED) is 0.831. The van der Waals surface area contributed by atoms with Crippen molar-refractivity contribution in [3.05, 3.63) is 57.0 Å². The van der Waals surface area contributed by atoms with E-state index in [-0.39, 0.29) is 6.04 Å². The van der Waals surface area contributed by atoms with Crippen LogP contribution in [0.25, 0.3) is 0 Å². The maximum absolute atomic E-state index is 5.93. The minimum atomic E-state index is 0.00242. The fourth-order valence-electron chi connectivity index (χ4n) is 1.73. The van der Waals surface area contributed by atoms with E-state index >= 15 is 0 Å². The lowest BCUT2D eigenvalue weighted by Crippen LogP contribution is -2.04. The first-order chi connectivity index (χ1) is 8.97. The fraction of sp³-hybridized carbons (Fsp3) is 0.200. The van der Waals surface area contributed by atoms with Gasteiger partial charge in [-0.1, -0.05) is 17.7 Å². The number of hydrogen-bond donors (Lipinski definition) is 1. The van der Waals surface area contributed by atoms with Crippen LogP contribution < -0.4 is 10.5 Å². The highest BCUT2D eigenvalue weighted by atomic mass is 79.9. The molecule has 4 heteroatoms. The molecule has 0 aliphatic heterocycles. The molecule has 0 aliphatic carbocycles. The van der Waals surface area contributed by atoms with Crippen LogP contribution in [-0.4, -0.2) is 0 Å². The van der Waals surface area contributed by atoms with E-state index in [0.29, 0.717) is 5.02 Å². The Balaban J connectivity index is 2.28. The fourth-order valence-corrected chi connectivity index (χ4v) is 2.43. The lowest BCUT2D eigenvalue weighted by atomic mass is 10.1. The molecule has 0 heterocycles. The Morgan fingerprint density at radius 1 is 1.16 bits per heavy atom. The molecular weight excluding hydrogens is 326 g/mol. The first-order valence-electron chi connectivity index (χ1n) is 5.96. The molecule has 0 saturated carbocycles. The van der Waals surface area contributed by atoms with Crippen LogP contribution in [0.2, 0.25) is 5.02 Å². The van der Waals surface area contributed by atoms with Crippen LogP contribution in [-0.2, 0) is 0 Å². The average Bonchev–Trinajstić information content (AvgIpc) is 2.34. The van der Waals surface area contributed by atoms with Crippen molar-refractivity contribution in [2.24, 2.45) is 5.73 Å². The van der Waals surface area contributed by atoms with Gasteiger partial charge in [0.1, 0.15) is 11.5 Å². The van der Waals surface area contributed by atoms with E-state index in [9.17, 15) is 0 Å². The van der Waals surface area contributed by atoms with Gasteiger partial charge in [-0.3, -0.25) is 0 Å². The van der Waals surface area contributed by atoms with Gasteiger partial charge in [-0.15, -0.1) is 0 Å². The third-order valence-corrected chi connectivity index (χ3v) is 3.69. The molecule has 0 saturated heterocycles. The van der Waals surface area contributed by atoms with Crippen LogP contribution in [0.5, 0.6) is 11.5 Å². The minimum Gasteiger partial charge on any atom is -0.456 e. The van der Waals surface area contributed by atoms with E-state index in [1.165, 1.54) is 0 Å². The van der Waals surface area contributed by atoms with Crippen molar-refractivity contribution >= 4 is 27.5 Å². The molecule has 100 valence electrons. The number of hydrogen-bond acceptors (Lipinski definition) is 2. The summed E-state index contributed by atoms with van der Waals surface area (Å²) in [5.41, 5.74) is 7.91. The van der Waals surface area contributed by atoms with Crippen molar-refractivity contribution in [2.75, 3.05) is 0 Å². The largest absolute Gasteiger partial charge is 0.456 e. The summed E-state index contributed by atoms with van der Waals surface area (Å²) in [6, 6.07) is 11.4. The van der Waals surface area contributed by atoms with Crippen molar-refractivity contribution < 1.29 is 4.74 Å². The zero-order valence-corrected chi connectivity index (χ0v) is 13.1. The molecule has 0 aromatic heterocycles. The van der Waals surface area contributed by atoms with Crippen molar-refractivity contribution in [1.82, 2.24) is 0 Å². The monoisotopic (exact) mass is 339 g/mol. The predicted octanol–water partition coefficient (Wildman–Crippen LogP) is 5.22. The number of nitrogens with two attached hydrogens (primary N) is 1. The molecular formula is C15H15BrClNO. The second-order valence-corrected chi connectivity index (χ2v) is 5.78. The Kier molecular flexibility index (Phi) is 4.50. The first-order valence-corrected chi connectivity index (χ1v) is 7.13. The summed E-state index contributed by atoms with van der Waals surface area (Å²) in [6.45, 7) is 3.91. The highest BCUT2D eigenvalue weighted by Crippen LogP contribution is 2.33. The Morgan fingerprint density at radius 3 is 2.42 bits per heavy atom. The van der Waals surface area contributed by atoms with E-state index in [1.54, 1.807) is 0 Å². The molecule has 2 N–H and O–H groups in total. The van der Waals surface area contributed by atoms with Gasteiger partial charge in [0.2, 0.25) is 0 Å². The van der Waals surface area contributed by atoms with Crippen molar-refractivity contribution in [3.8, 4) is 11.5 Å². The summed E-state index contributed by atoms with van der Waals surface area (Å²) in [7, 11) is 0. The molecule has 2 rings (SSSR count). The molecule has 2 aromatic carbocycles. The summed E-state index contributed by atoms with van der Waals surface area (Å²) in [4.78, 5) is 0. The molecule has 0 amide bonds. The molecule has 2 aromatic rings. The molecule has 0 unspecified atom stereocenters. The normalized spacial score (nSPS) is 12.3. The van der Waals surface area contributed by atoms with Gasteiger partial charge in [-0.2, -0.15) is 0 Å². The number of aryl methyl sites for hydroxylation is 1. The minimum absolute atomic E-state index is 0.00242. The maximum atomic E-state index is 5.93. The predicted molar refractivity (Wildman–Crippen MR) is 83.0 cm³/mol. The molecule has 0 bridgehead atoms. The molecule has 1 atom stereocenters. The molecule has 0 radical (unpaired) electrons. The van der Waals surface area contributed by atoms with Crippen LogP contribution in [0.1, 0.15) is 24.1 Å². The van der Waals surface area contributed by atoms with Crippen molar-refractivity contribution in [3.63, 3.8) is 0 Å². The summed E-state index contributed by atoms with van der Waals surface area (Å²) < 4.78 is 6.77. The molecule has 2 nitrogen and oxygen atoms in total. The maximum Gasteiger partial charge on any atom is 0.141 e. The van der Waals surface area contributed by atoms with E-state index in [4.69, 9.17) is 22.1 Å². The van der Waals surface area contributed by atoms with Gasteiger partial charge in [0.15, 0.2) is 0 Å². The third kappa shape index (κ3) is 3.50. The highest BCUT2D eigenvalue weighted by Gasteiger charge is 2.08. The zero-order chi connectivity index (χ0) is 14.0. The van der Waals surface area contributed by atoms with Gasteiger partial charge >= 0.3 is 0 Å². The summed E-state index contributed by atoms with van der Waals surface area (Å²) in [5.74, 6) is 1.55. The van der Waals surface area contributed by atoms with Crippen molar-refractivity contribution in [1.29, 1.82) is 0 Å². The van der Waals surface area contributed by atoms with Gasteiger partial charge in [-0.05, 0) is 71.2 Å². The second-order valence-electron chi connectivity index (χ2n) is 4.49. The van der Waals surface area contributed by atoms with Crippen LogP contribution in [0.15, 0.2) is 40.9 Å². The van der Waals surface area contributed by atoms with Gasteiger partial charge in [0, 0.05) is 11.1 Å². The molecule has 19 heavy (non-hydrogen) atoms. The van der Waals surface area contributed by atoms with Crippen LogP contribution in [0.4, 0.5) is 0 Å². The Labute approximate surface area is 126 Å². The van der Waals surface area contributed by atoms with E-state index < -0.39 is 0 Å². The standard InChI is InChI=1S/C15H15BrClNO/c1-9-7-12(17)4-6-14(9)19-15-5-3-11(10(2)18)8-13(15)16/h3-8,10H,18H2,1-2H3/t10-/m0/s1. The first kappa shape index (κ1) is 14.4. The molecule has 0 aliphatic rings. The van der Waals surface area contributed by atoms with Gasteiger partial charge < -0.3 is 10.5 Å². The summed E-state index contributed by atoms with van der Waals surface area (Å²) in [5, 5.41) is 0.705. The summed E-state index contributed by atoms with van der Waals surface area (Å²) in [6.07, 6.45) is 0. The number of ether oxygens (including phenoxy) is 1. The number of rotatable bonds is 3. The number of benzene rings is 2.